The number of carboxylic acid groups (broad SMARTS) is 1. The molecule has 0 spiro atoms. The molecular weight excluding hydrogens is 220 g/mol. The van der Waals surface area contributed by atoms with Crippen LogP contribution in [-0.2, 0) is 9.59 Å². The molecule has 1 rings (SSSR count). The highest BCUT2D eigenvalue weighted by Crippen LogP contribution is 2.23. The van der Waals surface area contributed by atoms with Crippen molar-refractivity contribution in [3.8, 4) is 0 Å². The molecule has 1 aliphatic rings. The monoisotopic (exact) mass is 242 g/mol. The minimum Gasteiger partial charge on any atom is -0.481 e. The summed E-state index contributed by atoms with van der Waals surface area (Å²) in [7, 11) is 0. The molecule has 3 N–H and O–H groups in total. The molecule has 0 aromatic carbocycles. The Morgan fingerprint density at radius 3 is 2.71 bits per heavy atom. The average Bonchev–Trinajstić information content (AvgIpc) is 2.76. The van der Waals surface area contributed by atoms with E-state index < -0.39 is 11.5 Å². The first-order valence-electron chi connectivity index (χ1n) is 6.28. The third-order valence-electron chi connectivity index (χ3n) is 3.45. The van der Waals surface area contributed by atoms with E-state index in [9.17, 15) is 9.59 Å². The second-order valence-electron chi connectivity index (χ2n) is 4.77. The van der Waals surface area contributed by atoms with Gasteiger partial charge in [-0.05, 0) is 39.2 Å². The van der Waals surface area contributed by atoms with Gasteiger partial charge in [0, 0.05) is 12.5 Å². The largest absolute Gasteiger partial charge is 0.481 e. The van der Waals surface area contributed by atoms with E-state index in [0.29, 0.717) is 6.42 Å². The number of hydrogen-bond acceptors (Lipinski definition) is 3. The summed E-state index contributed by atoms with van der Waals surface area (Å²) in [6, 6.07) is -0.0931. The number of carbonyl (C=O) groups is 2. The van der Waals surface area contributed by atoms with Crippen LogP contribution in [-0.4, -0.2) is 35.1 Å². The van der Waals surface area contributed by atoms with Crippen LogP contribution in [0.3, 0.4) is 0 Å². The summed E-state index contributed by atoms with van der Waals surface area (Å²) in [5, 5.41) is 14.7. The Morgan fingerprint density at radius 2 is 2.24 bits per heavy atom. The van der Waals surface area contributed by atoms with E-state index in [2.05, 4.69) is 10.6 Å². The molecule has 0 aliphatic carbocycles. The summed E-state index contributed by atoms with van der Waals surface area (Å²) in [6.45, 7) is 4.73. The quantitative estimate of drug-likeness (QED) is 0.646. The van der Waals surface area contributed by atoms with E-state index in [1.54, 1.807) is 0 Å². The molecule has 0 bridgehead atoms. The minimum atomic E-state index is -0.824. The smallest absolute Gasteiger partial charge is 0.303 e. The van der Waals surface area contributed by atoms with Crippen LogP contribution in [0.4, 0.5) is 0 Å². The molecule has 1 fully saturated rings. The van der Waals surface area contributed by atoms with Crippen molar-refractivity contribution in [2.45, 2.75) is 57.5 Å². The van der Waals surface area contributed by atoms with Gasteiger partial charge in [-0.25, -0.2) is 0 Å². The third kappa shape index (κ3) is 3.70. The Labute approximate surface area is 102 Å². The highest BCUT2D eigenvalue weighted by molar-refractivity contribution is 5.86. The number of carbonyl (C=O) groups excluding carboxylic acids is 1. The lowest BCUT2D eigenvalue weighted by Gasteiger charge is -2.28. The number of carboxylic acids is 1. The number of aliphatic carboxylic acids is 1. The van der Waals surface area contributed by atoms with Crippen molar-refractivity contribution in [3.05, 3.63) is 0 Å². The number of nitrogens with one attached hydrogen (secondary N) is 2. The van der Waals surface area contributed by atoms with E-state index in [-0.39, 0.29) is 18.4 Å². The second-order valence-corrected chi connectivity index (χ2v) is 4.77. The summed E-state index contributed by atoms with van der Waals surface area (Å²) < 4.78 is 0. The fraction of sp³-hybridized carbons (Fsp3) is 0.833. The van der Waals surface area contributed by atoms with Crippen molar-refractivity contribution < 1.29 is 14.7 Å². The summed E-state index contributed by atoms with van der Waals surface area (Å²) in [4.78, 5) is 22.6. The zero-order valence-electron chi connectivity index (χ0n) is 10.6. The molecule has 2 atom stereocenters. The Morgan fingerprint density at radius 1 is 1.53 bits per heavy atom. The zero-order valence-corrected chi connectivity index (χ0v) is 10.6. The van der Waals surface area contributed by atoms with Crippen molar-refractivity contribution >= 4 is 11.9 Å². The highest BCUT2D eigenvalue weighted by atomic mass is 16.4. The van der Waals surface area contributed by atoms with Crippen LogP contribution in [0.1, 0.15) is 46.0 Å². The standard InChI is InChI=1S/C12H22N2O3/c1-3-12(7-4-8-13-12)11(17)14-9(2)5-6-10(15)16/h9,13H,3-8H2,1-2H3,(H,14,17)(H,15,16). The van der Waals surface area contributed by atoms with Gasteiger partial charge in [-0.2, -0.15) is 0 Å². The molecule has 1 heterocycles. The van der Waals surface area contributed by atoms with Crippen molar-refractivity contribution in [1.29, 1.82) is 0 Å². The van der Waals surface area contributed by atoms with Gasteiger partial charge >= 0.3 is 5.97 Å². The SMILES string of the molecule is CCC1(C(=O)NC(C)CCC(=O)O)CCCN1. The molecule has 5 nitrogen and oxygen atoms in total. The highest BCUT2D eigenvalue weighted by Gasteiger charge is 2.39. The van der Waals surface area contributed by atoms with Crippen LogP contribution in [0.5, 0.6) is 0 Å². The van der Waals surface area contributed by atoms with E-state index in [0.717, 1.165) is 25.8 Å². The summed E-state index contributed by atoms with van der Waals surface area (Å²) in [6.07, 6.45) is 3.21. The third-order valence-corrected chi connectivity index (χ3v) is 3.45. The molecule has 1 amide bonds. The summed E-state index contributed by atoms with van der Waals surface area (Å²) in [5.74, 6) is -0.814. The lowest BCUT2D eigenvalue weighted by atomic mass is 9.92. The summed E-state index contributed by atoms with van der Waals surface area (Å²) in [5.41, 5.74) is -0.433. The number of rotatable bonds is 6. The Balaban J connectivity index is 2.44. The zero-order chi connectivity index (χ0) is 12.9. The first-order chi connectivity index (χ1) is 8.00. The van der Waals surface area contributed by atoms with Gasteiger partial charge in [0.25, 0.3) is 0 Å². The lowest BCUT2D eigenvalue weighted by molar-refractivity contribution is -0.137. The molecule has 1 aliphatic heterocycles. The maximum absolute atomic E-state index is 12.1. The van der Waals surface area contributed by atoms with Gasteiger partial charge in [-0.1, -0.05) is 6.92 Å². The van der Waals surface area contributed by atoms with Crippen LogP contribution >= 0.6 is 0 Å². The van der Waals surface area contributed by atoms with Crippen LogP contribution < -0.4 is 10.6 Å². The predicted molar refractivity (Wildman–Crippen MR) is 64.7 cm³/mol. The molecule has 0 saturated carbocycles. The topological polar surface area (TPSA) is 78.4 Å². The molecule has 98 valence electrons. The first kappa shape index (κ1) is 14.0. The van der Waals surface area contributed by atoms with Gasteiger partial charge in [-0.15, -0.1) is 0 Å². The van der Waals surface area contributed by atoms with E-state index in [1.807, 2.05) is 13.8 Å². The van der Waals surface area contributed by atoms with Crippen molar-refractivity contribution in [3.63, 3.8) is 0 Å². The van der Waals surface area contributed by atoms with Gasteiger partial charge in [0.1, 0.15) is 0 Å². The average molecular weight is 242 g/mol. The van der Waals surface area contributed by atoms with Crippen molar-refractivity contribution in [2.75, 3.05) is 6.54 Å². The van der Waals surface area contributed by atoms with Crippen molar-refractivity contribution in [1.82, 2.24) is 10.6 Å². The maximum Gasteiger partial charge on any atom is 0.303 e. The Hall–Kier alpha value is -1.10. The Bertz CT molecular complexity index is 285. The summed E-state index contributed by atoms with van der Waals surface area (Å²) >= 11 is 0. The lowest BCUT2D eigenvalue weighted by Crippen LogP contribution is -2.55. The van der Waals surface area contributed by atoms with Gasteiger partial charge in [-0.3, -0.25) is 9.59 Å². The van der Waals surface area contributed by atoms with Crippen LogP contribution in [0, 0.1) is 0 Å². The van der Waals surface area contributed by atoms with E-state index in [4.69, 9.17) is 5.11 Å². The molecule has 5 heteroatoms. The molecular formula is C12H22N2O3. The van der Waals surface area contributed by atoms with Gasteiger partial charge in [0.2, 0.25) is 5.91 Å². The second kappa shape index (κ2) is 6.00. The molecule has 0 radical (unpaired) electrons. The van der Waals surface area contributed by atoms with E-state index in [1.165, 1.54) is 0 Å². The van der Waals surface area contributed by atoms with Gasteiger partial charge in [0.15, 0.2) is 0 Å². The molecule has 0 aromatic heterocycles. The van der Waals surface area contributed by atoms with Crippen LogP contribution in [0.2, 0.25) is 0 Å². The number of hydrogen-bond donors (Lipinski definition) is 3. The van der Waals surface area contributed by atoms with Crippen LogP contribution in [0.25, 0.3) is 0 Å². The fourth-order valence-electron chi connectivity index (χ4n) is 2.24. The minimum absolute atomic E-state index is 0.00962. The van der Waals surface area contributed by atoms with Gasteiger partial charge < -0.3 is 15.7 Å². The van der Waals surface area contributed by atoms with Gasteiger partial charge in [0.05, 0.1) is 5.54 Å². The van der Waals surface area contributed by atoms with E-state index >= 15 is 0 Å². The van der Waals surface area contributed by atoms with Crippen LogP contribution in [0.15, 0.2) is 0 Å². The maximum atomic E-state index is 12.1. The number of amides is 1. The fourth-order valence-corrected chi connectivity index (χ4v) is 2.24. The molecule has 17 heavy (non-hydrogen) atoms. The van der Waals surface area contributed by atoms with Crippen molar-refractivity contribution in [2.24, 2.45) is 0 Å². The predicted octanol–water partition coefficient (Wildman–Crippen LogP) is 0.888. The normalized spacial score (nSPS) is 25.5. The molecule has 1 saturated heterocycles. The molecule has 2 unspecified atom stereocenters. The Kier molecular flexibility index (Phi) is 4.93. The first-order valence-corrected chi connectivity index (χ1v) is 6.28. The molecule has 0 aromatic rings.